The number of hydrogen-bond acceptors (Lipinski definition) is 3. The van der Waals surface area contributed by atoms with Gasteiger partial charge in [0.2, 0.25) is 0 Å². The molecule has 0 aliphatic heterocycles. The highest BCUT2D eigenvalue weighted by molar-refractivity contribution is 6.67. The molecular formula is C16H11ClO3. The van der Waals surface area contributed by atoms with Crippen LogP contribution in [0.5, 0.6) is 5.75 Å². The number of carbonyl (C=O) groups is 2. The molecule has 100 valence electrons. The van der Waals surface area contributed by atoms with E-state index in [0.29, 0.717) is 11.3 Å². The van der Waals surface area contributed by atoms with Crippen molar-refractivity contribution >= 4 is 28.9 Å². The van der Waals surface area contributed by atoms with Crippen molar-refractivity contribution in [3.8, 4) is 5.75 Å². The normalized spacial score (nSPS) is 10.4. The average Bonchev–Trinajstić information content (AvgIpc) is 2.47. The Morgan fingerprint density at radius 1 is 0.950 bits per heavy atom. The van der Waals surface area contributed by atoms with Crippen LogP contribution >= 0.6 is 11.6 Å². The molecule has 0 fully saturated rings. The third kappa shape index (κ3) is 4.07. The maximum absolute atomic E-state index is 11.6. The lowest BCUT2D eigenvalue weighted by atomic mass is 10.2. The molecule has 0 aromatic heterocycles. The Hall–Kier alpha value is -2.39. The Morgan fingerprint density at radius 3 is 2.20 bits per heavy atom. The number of hydrogen-bond donors (Lipinski definition) is 0. The molecule has 3 nitrogen and oxygen atoms in total. The predicted molar refractivity (Wildman–Crippen MR) is 77.7 cm³/mol. The Labute approximate surface area is 121 Å². The fourth-order valence-corrected chi connectivity index (χ4v) is 1.66. The van der Waals surface area contributed by atoms with Gasteiger partial charge < -0.3 is 4.74 Å². The number of ether oxygens (including phenoxy) is 1. The molecule has 2 rings (SSSR count). The largest absolute Gasteiger partial charge is 0.423 e. The summed E-state index contributed by atoms with van der Waals surface area (Å²) in [6.07, 6.45) is 3.01. The van der Waals surface area contributed by atoms with E-state index in [1.807, 2.05) is 30.3 Å². The molecule has 20 heavy (non-hydrogen) atoms. The van der Waals surface area contributed by atoms with Gasteiger partial charge in [-0.25, -0.2) is 4.79 Å². The SMILES string of the molecule is O=C(C=Cc1ccccc1)Oc1ccc(C(=O)Cl)cc1. The Bertz CT molecular complexity index is 631. The van der Waals surface area contributed by atoms with Crippen molar-refractivity contribution < 1.29 is 14.3 Å². The van der Waals surface area contributed by atoms with Crippen LogP contribution in [-0.2, 0) is 4.79 Å². The van der Waals surface area contributed by atoms with Gasteiger partial charge in [0.1, 0.15) is 5.75 Å². The topological polar surface area (TPSA) is 43.4 Å². The third-order valence-electron chi connectivity index (χ3n) is 2.51. The minimum atomic E-state index is -0.549. The van der Waals surface area contributed by atoms with Crippen LogP contribution in [0.2, 0.25) is 0 Å². The van der Waals surface area contributed by atoms with Crippen LogP contribution in [0.4, 0.5) is 0 Å². The molecule has 0 bridgehead atoms. The number of halogens is 1. The Balaban J connectivity index is 1.98. The van der Waals surface area contributed by atoms with E-state index in [2.05, 4.69) is 0 Å². The van der Waals surface area contributed by atoms with Gasteiger partial charge in [0, 0.05) is 11.6 Å². The summed E-state index contributed by atoms with van der Waals surface area (Å²) in [6.45, 7) is 0. The summed E-state index contributed by atoms with van der Waals surface area (Å²) in [7, 11) is 0. The first-order valence-electron chi connectivity index (χ1n) is 5.90. The molecule has 0 saturated carbocycles. The molecule has 0 amide bonds. The van der Waals surface area contributed by atoms with Crippen molar-refractivity contribution in [1.82, 2.24) is 0 Å². The zero-order valence-electron chi connectivity index (χ0n) is 10.5. The molecule has 0 N–H and O–H groups in total. The second-order valence-electron chi connectivity index (χ2n) is 3.96. The third-order valence-corrected chi connectivity index (χ3v) is 2.73. The van der Waals surface area contributed by atoms with E-state index in [9.17, 15) is 9.59 Å². The van der Waals surface area contributed by atoms with Gasteiger partial charge in [-0.2, -0.15) is 0 Å². The average molecular weight is 287 g/mol. The summed E-state index contributed by atoms with van der Waals surface area (Å²) < 4.78 is 5.09. The number of benzene rings is 2. The van der Waals surface area contributed by atoms with Crippen LogP contribution in [0.25, 0.3) is 6.08 Å². The van der Waals surface area contributed by atoms with Crippen molar-refractivity contribution in [1.29, 1.82) is 0 Å². The Kier molecular flexibility index (Phi) is 4.69. The van der Waals surface area contributed by atoms with Crippen molar-refractivity contribution in [2.75, 3.05) is 0 Å². The first-order valence-corrected chi connectivity index (χ1v) is 6.28. The molecule has 0 aliphatic rings. The van der Waals surface area contributed by atoms with Gasteiger partial charge >= 0.3 is 5.97 Å². The highest BCUT2D eigenvalue weighted by Gasteiger charge is 2.03. The van der Waals surface area contributed by atoms with Crippen LogP contribution in [-0.4, -0.2) is 11.2 Å². The lowest BCUT2D eigenvalue weighted by Gasteiger charge is -2.01. The molecule has 0 atom stereocenters. The predicted octanol–water partition coefficient (Wildman–Crippen LogP) is 3.68. The van der Waals surface area contributed by atoms with Gasteiger partial charge in [0.25, 0.3) is 5.24 Å². The van der Waals surface area contributed by atoms with E-state index >= 15 is 0 Å². The van der Waals surface area contributed by atoms with Crippen molar-refractivity contribution in [3.63, 3.8) is 0 Å². The summed E-state index contributed by atoms with van der Waals surface area (Å²) in [5, 5.41) is -0.549. The van der Waals surface area contributed by atoms with Gasteiger partial charge in [0.05, 0.1) is 0 Å². The first-order chi connectivity index (χ1) is 9.65. The lowest BCUT2D eigenvalue weighted by Crippen LogP contribution is -2.03. The highest BCUT2D eigenvalue weighted by atomic mass is 35.5. The molecule has 0 radical (unpaired) electrons. The van der Waals surface area contributed by atoms with E-state index in [0.717, 1.165) is 5.56 Å². The van der Waals surface area contributed by atoms with E-state index in [1.54, 1.807) is 6.08 Å². The molecule has 0 unspecified atom stereocenters. The fourth-order valence-electron chi connectivity index (χ4n) is 1.53. The summed E-state index contributed by atoms with van der Waals surface area (Å²) in [6, 6.07) is 15.5. The standard InChI is InChI=1S/C16H11ClO3/c17-16(19)13-7-9-14(10-8-13)20-15(18)11-6-12-4-2-1-3-5-12/h1-11H. The van der Waals surface area contributed by atoms with E-state index in [1.165, 1.54) is 30.3 Å². The van der Waals surface area contributed by atoms with Gasteiger partial charge in [-0.15, -0.1) is 0 Å². The fraction of sp³-hybridized carbons (Fsp3) is 0. The van der Waals surface area contributed by atoms with Crippen LogP contribution in [0.1, 0.15) is 15.9 Å². The minimum absolute atomic E-state index is 0.353. The zero-order chi connectivity index (χ0) is 14.4. The molecule has 2 aromatic rings. The number of carbonyl (C=O) groups excluding carboxylic acids is 2. The molecule has 0 saturated heterocycles. The van der Waals surface area contributed by atoms with Crippen LogP contribution < -0.4 is 4.74 Å². The molecule has 0 heterocycles. The number of esters is 1. The monoisotopic (exact) mass is 286 g/mol. The number of rotatable bonds is 4. The Morgan fingerprint density at radius 2 is 1.60 bits per heavy atom. The summed E-state index contributed by atoms with van der Waals surface area (Å²) in [5.74, 6) is -0.131. The quantitative estimate of drug-likeness (QED) is 0.373. The van der Waals surface area contributed by atoms with E-state index in [4.69, 9.17) is 16.3 Å². The molecule has 2 aromatic carbocycles. The smallest absolute Gasteiger partial charge is 0.336 e. The van der Waals surface area contributed by atoms with Gasteiger partial charge in [-0.3, -0.25) is 4.79 Å². The molecule has 0 spiro atoms. The van der Waals surface area contributed by atoms with Gasteiger partial charge in [0.15, 0.2) is 0 Å². The van der Waals surface area contributed by atoms with E-state index < -0.39 is 11.2 Å². The maximum Gasteiger partial charge on any atom is 0.336 e. The highest BCUT2D eigenvalue weighted by Crippen LogP contribution is 2.14. The summed E-state index contributed by atoms with van der Waals surface area (Å²) in [4.78, 5) is 22.5. The van der Waals surface area contributed by atoms with Crippen LogP contribution in [0, 0.1) is 0 Å². The minimum Gasteiger partial charge on any atom is -0.423 e. The maximum atomic E-state index is 11.6. The summed E-state index contributed by atoms with van der Waals surface area (Å²) in [5.41, 5.74) is 1.26. The van der Waals surface area contributed by atoms with E-state index in [-0.39, 0.29) is 0 Å². The molecule has 4 heteroatoms. The van der Waals surface area contributed by atoms with Crippen molar-refractivity contribution in [2.45, 2.75) is 0 Å². The second-order valence-corrected chi connectivity index (χ2v) is 4.31. The van der Waals surface area contributed by atoms with Crippen molar-refractivity contribution in [3.05, 3.63) is 71.8 Å². The first kappa shape index (κ1) is 14.0. The zero-order valence-corrected chi connectivity index (χ0v) is 11.2. The molecule has 0 aliphatic carbocycles. The lowest BCUT2D eigenvalue weighted by molar-refractivity contribution is -0.128. The van der Waals surface area contributed by atoms with Crippen molar-refractivity contribution in [2.24, 2.45) is 0 Å². The molecular weight excluding hydrogens is 276 g/mol. The van der Waals surface area contributed by atoms with Crippen LogP contribution in [0.3, 0.4) is 0 Å². The summed E-state index contributed by atoms with van der Waals surface area (Å²) >= 11 is 5.32. The van der Waals surface area contributed by atoms with Gasteiger partial charge in [-0.05, 0) is 47.5 Å². The van der Waals surface area contributed by atoms with Gasteiger partial charge in [-0.1, -0.05) is 30.3 Å². The van der Waals surface area contributed by atoms with Crippen LogP contribution in [0.15, 0.2) is 60.7 Å². The second kappa shape index (κ2) is 6.68.